The van der Waals surface area contributed by atoms with E-state index in [1.165, 1.54) is 6.08 Å². The number of aliphatic carboxylic acids is 2. The van der Waals surface area contributed by atoms with Crippen molar-refractivity contribution in [1.29, 1.82) is 0 Å². The maximum Gasteiger partial charge on any atom is 0.332 e. The molecule has 0 radical (unpaired) electrons. The fraction of sp³-hybridized carbons (Fsp3) is 0.111. The van der Waals surface area contributed by atoms with Gasteiger partial charge in [0.05, 0.1) is 6.42 Å². The molecule has 2 aromatic carbocycles. The Morgan fingerprint density at radius 1 is 1.00 bits per heavy atom. The first-order valence-corrected chi connectivity index (χ1v) is 6.97. The van der Waals surface area contributed by atoms with Gasteiger partial charge in [-0.15, -0.1) is 0 Å². The predicted molar refractivity (Wildman–Crippen MR) is 85.1 cm³/mol. The second-order valence-electron chi connectivity index (χ2n) is 4.89. The van der Waals surface area contributed by atoms with E-state index in [9.17, 15) is 9.59 Å². The number of benzene rings is 2. The third-order valence-electron chi connectivity index (χ3n) is 3.06. The quantitative estimate of drug-likeness (QED) is 0.767. The molecular weight excluding hydrogens is 296 g/mol. The van der Waals surface area contributed by atoms with Crippen molar-refractivity contribution in [2.24, 2.45) is 0 Å². The molecule has 0 aromatic heterocycles. The smallest absolute Gasteiger partial charge is 0.332 e. The van der Waals surface area contributed by atoms with Crippen LogP contribution in [0.1, 0.15) is 17.5 Å². The molecule has 118 valence electrons. The largest absolute Gasteiger partial charge is 0.489 e. The molecule has 2 rings (SSSR count). The monoisotopic (exact) mass is 312 g/mol. The van der Waals surface area contributed by atoms with Crippen molar-refractivity contribution in [3.8, 4) is 5.75 Å². The summed E-state index contributed by atoms with van der Waals surface area (Å²) in [7, 11) is 0. The Morgan fingerprint density at radius 2 is 1.74 bits per heavy atom. The Morgan fingerprint density at radius 3 is 2.39 bits per heavy atom. The molecule has 0 fully saturated rings. The SMILES string of the molecule is O=C(O)CC(=Cc1cccc(OCc2ccccc2)c1)C(=O)O. The van der Waals surface area contributed by atoms with Crippen LogP contribution in [0, 0.1) is 0 Å². The number of hydrogen-bond acceptors (Lipinski definition) is 3. The lowest BCUT2D eigenvalue weighted by atomic mass is 10.1. The molecule has 0 atom stereocenters. The van der Waals surface area contributed by atoms with Crippen LogP contribution in [-0.4, -0.2) is 22.2 Å². The van der Waals surface area contributed by atoms with E-state index in [0.29, 0.717) is 17.9 Å². The average Bonchev–Trinajstić information content (AvgIpc) is 2.53. The van der Waals surface area contributed by atoms with E-state index in [1.807, 2.05) is 30.3 Å². The highest BCUT2D eigenvalue weighted by atomic mass is 16.5. The molecular formula is C18H16O5. The van der Waals surface area contributed by atoms with Crippen LogP contribution in [0.4, 0.5) is 0 Å². The van der Waals surface area contributed by atoms with Gasteiger partial charge in [-0.25, -0.2) is 4.79 Å². The summed E-state index contributed by atoms with van der Waals surface area (Å²) in [6.07, 6.45) is 0.802. The average molecular weight is 312 g/mol. The van der Waals surface area contributed by atoms with Crippen LogP contribution in [0.3, 0.4) is 0 Å². The highest BCUT2D eigenvalue weighted by Crippen LogP contribution is 2.18. The van der Waals surface area contributed by atoms with Gasteiger partial charge < -0.3 is 14.9 Å². The van der Waals surface area contributed by atoms with Crippen molar-refractivity contribution in [2.75, 3.05) is 0 Å². The zero-order valence-corrected chi connectivity index (χ0v) is 12.3. The number of carbonyl (C=O) groups is 2. The minimum Gasteiger partial charge on any atom is -0.489 e. The van der Waals surface area contributed by atoms with Gasteiger partial charge in [-0.05, 0) is 29.3 Å². The van der Waals surface area contributed by atoms with Crippen LogP contribution in [0.5, 0.6) is 5.75 Å². The highest BCUT2D eigenvalue weighted by Gasteiger charge is 2.12. The summed E-state index contributed by atoms with van der Waals surface area (Å²) in [6.45, 7) is 0.398. The maximum absolute atomic E-state index is 11.1. The Bertz CT molecular complexity index is 719. The molecule has 0 unspecified atom stereocenters. The van der Waals surface area contributed by atoms with Crippen LogP contribution < -0.4 is 4.74 Å². The fourth-order valence-corrected chi connectivity index (χ4v) is 1.99. The molecule has 0 aliphatic heterocycles. The molecule has 0 aliphatic carbocycles. The summed E-state index contributed by atoms with van der Waals surface area (Å²) in [5.74, 6) is -1.85. The third-order valence-corrected chi connectivity index (χ3v) is 3.06. The summed E-state index contributed by atoms with van der Waals surface area (Å²) < 4.78 is 5.66. The van der Waals surface area contributed by atoms with Gasteiger partial charge in [-0.3, -0.25) is 4.79 Å². The Labute approximate surface area is 133 Å². The van der Waals surface area contributed by atoms with Gasteiger partial charge >= 0.3 is 11.9 Å². The van der Waals surface area contributed by atoms with Crippen molar-refractivity contribution in [3.05, 3.63) is 71.3 Å². The number of hydrogen-bond donors (Lipinski definition) is 2. The van der Waals surface area contributed by atoms with Crippen LogP contribution in [0.25, 0.3) is 6.08 Å². The van der Waals surface area contributed by atoms with E-state index in [0.717, 1.165) is 5.56 Å². The number of carboxylic acids is 2. The Balaban J connectivity index is 2.12. The fourth-order valence-electron chi connectivity index (χ4n) is 1.99. The van der Waals surface area contributed by atoms with Gasteiger partial charge in [0, 0.05) is 5.57 Å². The molecule has 0 saturated heterocycles. The zero-order valence-electron chi connectivity index (χ0n) is 12.3. The van der Waals surface area contributed by atoms with Gasteiger partial charge in [0.15, 0.2) is 0 Å². The summed E-state index contributed by atoms with van der Waals surface area (Å²) in [4.78, 5) is 21.8. The Kier molecular flexibility index (Phi) is 5.52. The Hall–Kier alpha value is -3.08. The van der Waals surface area contributed by atoms with Crippen molar-refractivity contribution in [3.63, 3.8) is 0 Å². The summed E-state index contributed by atoms with van der Waals surface area (Å²) in [5, 5.41) is 17.8. The number of rotatable bonds is 7. The first kappa shape index (κ1) is 16.3. The lowest BCUT2D eigenvalue weighted by molar-refractivity contribution is -0.139. The van der Waals surface area contributed by atoms with Crippen molar-refractivity contribution in [2.45, 2.75) is 13.0 Å². The van der Waals surface area contributed by atoms with Crippen LogP contribution in [-0.2, 0) is 16.2 Å². The van der Waals surface area contributed by atoms with Crippen molar-refractivity contribution in [1.82, 2.24) is 0 Å². The van der Waals surface area contributed by atoms with E-state index in [2.05, 4.69) is 0 Å². The molecule has 0 spiro atoms. The summed E-state index contributed by atoms with van der Waals surface area (Å²) in [6, 6.07) is 16.5. The molecule has 2 N–H and O–H groups in total. The number of carboxylic acid groups (broad SMARTS) is 2. The van der Waals surface area contributed by atoms with Gasteiger partial charge in [-0.1, -0.05) is 42.5 Å². The second kappa shape index (κ2) is 7.79. The molecule has 0 heterocycles. The zero-order chi connectivity index (χ0) is 16.7. The molecule has 23 heavy (non-hydrogen) atoms. The van der Waals surface area contributed by atoms with E-state index >= 15 is 0 Å². The van der Waals surface area contributed by atoms with Crippen LogP contribution >= 0.6 is 0 Å². The van der Waals surface area contributed by atoms with Crippen LogP contribution in [0.15, 0.2) is 60.2 Å². The standard InChI is InChI=1S/C18H16O5/c19-17(20)11-15(18(21)22)9-14-7-4-8-16(10-14)23-12-13-5-2-1-3-6-13/h1-10H,11-12H2,(H,19,20)(H,21,22). The van der Waals surface area contributed by atoms with Crippen molar-refractivity contribution < 1.29 is 24.5 Å². The minimum absolute atomic E-state index is 0.183. The van der Waals surface area contributed by atoms with Crippen molar-refractivity contribution >= 4 is 18.0 Å². The highest BCUT2D eigenvalue weighted by molar-refractivity contribution is 5.96. The van der Waals surface area contributed by atoms with E-state index in [1.54, 1.807) is 24.3 Å². The second-order valence-corrected chi connectivity index (χ2v) is 4.89. The topological polar surface area (TPSA) is 83.8 Å². The predicted octanol–water partition coefficient (Wildman–Crippen LogP) is 3.21. The van der Waals surface area contributed by atoms with Crippen LogP contribution in [0.2, 0.25) is 0 Å². The van der Waals surface area contributed by atoms with E-state index < -0.39 is 18.4 Å². The summed E-state index contributed by atoms with van der Waals surface area (Å²) in [5.41, 5.74) is 1.41. The normalized spacial score (nSPS) is 11.0. The molecule has 5 heteroatoms. The summed E-state index contributed by atoms with van der Waals surface area (Å²) >= 11 is 0. The van der Waals surface area contributed by atoms with E-state index in [-0.39, 0.29) is 5.57 Å². The van der Waals surface area contributed by atoms with Gasteiger partial charge in [0.25, 0.3) is 0 Å². The molecule has 0 saturated carbocycles. The molecule has 2 aromatic rings. The van der Waals surface area contributed by atoms with E-state index in [4.69, 9.17) is 14.9 Å². The molecule has 0 amide bonds. The molecule has 5 nitrogen and oxygen atoms in total. The first-order valence-electron chi connectivity index (χ1n) is 6.97. The first-order chi connectivity index (χ1) is 11.0. The van der Waals surface area contributed by atoms with Gasteiger partial charge in [-0.2, -0.15) is 0 Å². The number of ether oxygens (including phenoxy) is 1. The maximum atomic E-state index is 11.1. The molecule has 0 aliphatic rings. The lowest BCUT2D eigenvalue weighted by Crippen LogP contribution is -2.06. The lowest BCUT2D eigenvalue weighted by Gasteiger charge is -2.07. The van der Waals surface area contributed by atoms with Gasteiger partial charge in [0.2, 0.25) is 0 Å². The minimum atomic E-state index is -1.25. The third kappa shape index (κ3) is 5.32. The van der Waals surface area contributed by atoms with Gasteiger partial charge in [0.1, 0.15) is 12.4 Å². The molecule has 0 bridgehead atoms.